The smallest absolute Gasteiger partial charge is 0.259 e. The molecule has 28 heavy (non-hydrogen) atoms. The van der Waals surface area contributed by atoms with Crippen LogP contribution in [-0.2, 0) is 30.5 Å². The van der Waals surface area contributed by atoms with E-state index in [9.17, 15) is 9.59 Å². The van der Waals surface area contributed by atoms with Crippen LogP contribution in [-0.4, -0.2) is 21.9 Å². The Bertz CT molecular complexity index is 1020. The van der Waals surface area contributed by atoms with Gasteiger partial charge in [0.2, 0.25) is 5.91 Å². The van der Waals surface area contributed by atoms with Crippen LogP contribution in [0.5, 0.6) is 0 Å². The number of fused-ring (bicyclic) bond motifs is 3. The van der Waals surface area contributed by atoms with Crippen LogP contribution in [0.3, 0.4) is 0 Å². The molecule has 7 heteroatoms. The number of carbonyl (C=O) groups excluding carboxylic acids is 1. The van der Waals surface area contributed by atoms with Gasteiger partial charge in [0.25, 0.3) is 5.56 Å². The van der Waals surface area contributed by atoms with Crippen molar-refractivity contribution < 1.29 is 9.21 Å². The molecule has 1 aliphatic rings. The normalized spacial score (nSPS) is 14.8. The topological polar surface area (TPSA) is 88.0 Å². The Hall–Kier alpha value is -2.41. The number of amides is 1. The lowest BCUT2D eigenvalue weighted by molar-refractivity contribution is -0.121. The molecule has 2 N–H and O–H groups in total. The van der Waals surface area contributed by atoms with Gasteiger partial charge in [-0.15, -0.1) is 11.3 Å². The van der Waals surface area contributed by atoms with Crippen molar-refractivity contribution >= 4 is 27.5 Å². The van der Waals surface area contributed by atoms with E-state index in [4.69, 9.17) is 4.42 Å². The number of furan rings is 1. The number of rotatable bonds is 7. The number of H-pyrrole nitrogens is 1. The second-order valence-electron chi connectivity index (χ2n) is 7.49. The highest BCUT2D eigenvalue weighted by Gasteiger charge is 2.20. The first kappa shape index (κ1) is 18.9. The Balaban J connectivity index is 1.34. The van der Waals surface area contributed by atoms with E-state index in [0.29, 0.717) is 18.7 Å². The van der Waals surface area contributed by atoms with Gasteiger partial charge >= 0.3 is 0 Å². The largest absolute Gasteiger partial charge is 0.469 e. The standard InChI is InChI=1S/C21H25N3O3S/c1-13(8-9-14-5-4-12-27-14)22-18(25)11-10-17-23-20(26)19-15-6-2-3-7-16(15)28-21(19)24-17/h4-5,12-13H,2-3,6-11H2,1H3,(H,22,25)(H,23,24,26). The van der Waals surface area contributed by atoms with Crippen LogP contribution < -0.4 is 10.9 Å². The van der Waals surface area contributed by atoms with Crippen LogP contribution in [0.2, 0.25) is 0 Å². The Kier molecular flexibility index (Phi) is 5.62. The zero-order valence-electron chi connectivity index (χ0n) is 16.0. The Morgan fingerprint density at radius 2 is 2.21 bits per heavy atom. The fourth-order valence-corrected chi connectivity index (χ4v) is 5.07. The van der Waals surface area contributed by atoms with E-state index < -0.39 is 0 Å². The van der Waals surface area contributed by atoms with Crippen molar-refractivity contribution in [3.8, 4) is 0 Å². The third kappa shape index (κ3) is 4.19. The number of hydrogen-bond donors (Lipinski definition) is 2. The maximum atomic E-state index is 12.6. The summed E-state index contributed by atoms with van der Waals surface area (Å²) >= 11 is 1.64. The minimum absolute atomic E-state index is 0.0276. The second kappa shape index (κ2) is 8.31. The quantitative estimate of drug-likeness (QED) is 0.636. The van der Waals surface area contributed by atoms with E-state index >= 15 is 0 Å². The van der Waals surface area contributed by atoms with Crippen molar-refractivity contribution in [1.82, 2.24) is 15.3 Å². The summed E-state index contributed by atoms with van der Waals surface area (Å²) in [5.74, 6) is 1.49. The highest BCUT2D eigenvalue weighted by molar-refractivity contribution is 7.18. The fraction of sp³-hybridized carbons (Fsp3) is 0.476. The zero-order chi connectivity index (χ0) is 19.5. The molecule has 0 radical (unpaired) electrons. The SMILES string of the molecule is CC(CCc1ccco1)NC(=O)CCc1nc2sc3c(c2c(=O)[nH]1)CCCC3. The van der Waals surface area contributed by atoms with Gasteiger partial charge in [0.1, 0.15) is 16.4 Å². The number of carbonyl (C=O) groups is 1. The number of aryl methyl sites for hydroxylation is 4. The molecule has 3 aromatic heterocycles. The number of nitrogens with one attached hydrogen (secondary N) is 2. The van der Waals surface area contributed by atoms with Crippen LogP contribution >= 0.6 is 11.3 Å². The van der Waals surface area contributed by atoms with Gasteiger partial charge in [0, 0.05) is 30.2 Å². The molecule has 0 spiro atoms. The summed E-state index contributed by atoms with van der Waals surface area (Å²) < 4.78 is 5.32. The predicted octanol–water partition coefficient (Wildman–Crippen LogP) is 3.53. The van der Waals surface area contributed by atoms with Crippen molar-refractivity contribution in [2.75, 3.05) is 0 Å². The monoisotopic (exact) mass is 399 g/mol. The van der Waals surface area contributed by atoms with Gasteiger partial charge in [-0.1, -0.05) is 0 Å². The number of nitrogens with zero attached hydrogens (tertiary/aromatic N) is 1. The van der Waals surface area contributed by atoms with E-state index in [-0.39, 0.29) is 17.5 Å². The highest BCUT2D eigenvalue weighted by atomic mass is 32.1. The fourth-order valence-electron chi connectivity index (χ4n) is 3.79. The summed E-state index contributed by atoms with van der Waals surface area (Å²) in [6.07, 6.45) is 8.36. The van der Waals surface area contributed by atoms with Crippen LogP contribution in [0.1, 0.15) is 54.6 Å². The number of aromatic nitrogens is 2. The van der Waals surface area contributed by atoms with Crippen molar-refractivity contribution in [3.63, 3.8) is 0 Å². The molecule has 6 nitrogen and oxygen atoms in total. The molecule has 1 amide bonds. The molecule has 4 rings (SSSR count). The molecule has 3 aromatic rings. The van der Waals surface area contributed by atoms with Gasteiger partial charge in [0.15, 0.2) is 0 Å². The van der Waals surface area contributed by atoms with Crippen LogP contribution in [0.25, 0.3) is 10.2 Å². The lowest BCUT2D eigenvalue weighted by Gasteiger charge is -2.13. The summed E-state index contributed by atoms with van der Waals surface area (Å²) in [6, 6.07) is 3.87. The van der Waals surface area contributed by atoms with Gasteiger partial charge in [-0.2, -0.15) is 0 Å². The summed E-state index contributed by atoms with van der Waals surface area (Å²) in [7, 11) is 0. The molecular formula is C21H25N3O3S. The van der Waals surface area contributed by atoms with Crippen molar-refractivity contribution in [1.29, 1.82) is 0 Å². The zero-order valence-corrected chi connectivity index (χ0v) is 16.9. The molecule has 0 fully saturated rings. The molecule has 1 unspecified atom stereocenters. The molecule has 148 valence electrons. The first-order chi connectivity index (χ1) is 13.6. The van der Waals surface area contributed by atoms with Gasteiger partial charge in [-0.25, -0.2) is 4.98 Å². The summed E-state index contributed by atoms with van der Waals surface area (Å²) in [6.45, 7) is 1.99. The molecule has 3 heterocycles. The summed E-state index contributed by atoms with van der Waals surface area (Å²) in [4.78, 5) is 34.4. The Morgan fingerprint density at radius 3 is 3.04 bits per heavy atom. The average molecular weight is 400 g/mol. The number of hydrogen-bond acceptors (Lipinski definition) is 5. The van der Waals surface area contributed by atoms with Gasteiger partial charge < -0.3 is 14.7 Å². The summed E-state index contributed by atoms with van der Waals surface area (Å²) in [5, 5.41) is 3.77. The molecule has 0 bridgehead atoms. The van der Waals surface area contributed by atoms with Crippen LogP contribution in [0.4, 0.5) is 0 Å². The third-order valence-electron chi connectivity index (χ3n) is 5.27. The lowest BCUT2D eigenvalue weighted by atomic mass is 9.97. The maximum absolute atomic E-state index is 12.6. The van der Waals surface area contributed by atoms with E-state index in [1.54, 1.807) is 17.6 Å². The van der Waals surface area contributed by atoms with Crippen molar-refractivity contribution in [3.05, 3.63) is 50.8 Å². The molecule has 0 aromatic carbocycles. The Labute approximate surface area is 167 Å². The number of aromatic amines is 1. The molecule has 0 aliphatic heterocycles. The van der Waals surface area contributed by atoms with E-state index in [2.05, 4.69) is 15.3 Å². The first-order valence-electron chi connectivity index (χ1n) is 9.95. The average Bonchev–Trinajstić information content (AvgIpc) is 3.32. The number of thiophene rings is 1. The lowest BCUT2D eigenvalue weighted by Crippen LogP contribution is -2.33. The van der Waals surface area contributed by atoms with Crippen LogP contribution in [0, 0.1) is 0 Å². The van der Waals surface area contributed by atoms with Crippen molar-refractivity contribution in [2.45, 2.75) is 64.3 Å². The van der Waals surface area contributed by atoms with Gasteiger partial charge in [0.05, 0.1) is 11.6 Å². The molecular weight excluding hydrogens is 374 g/mol. The predicted molar refractivity (Wildman–Crippen MR) is 110 cm³/mol. The van der Waals surface area contributed by atoms with Crippen LogP contribution in [0.15, 0.2) is 27.6 Å². The maximum Gasteiger partial charge on any atom is 0.259 e. The van der Waals surface area contributed by atoms with E-state index in [0.717, 1.165) is 48.1 Å². The molecule has 0 saturated heterocycles. The third-order valence-corrected chi connectivity index (χ3v) is 6.46. The van der Waals surface area contributed by atoms with Gasteiger partial charge in [-0.3, -0.25) is 9.59 Å². The second-order valence-corrected chi connectivity index (χ2v) is 8.57. The minimum atomic E-state index is -0.0633. The minimum Gasteiger partial charge on any atom is -0.469 e. The van der Waals surface area contributed by atoms with Crippen molar-refractivity contribution in [2.24, 2.45) is 0 Å². The van der Waals surface area contributed by atoms with E-state index in [1.807, 2.05) is 19.1 Å². The summed E-state index contributed by atoms with van der Waals surface area (Å²) in [5.41, 5.74) is 1.13. The first-order valence-corrected chi connectivity index (χ1v) is 10.8. The molecule has 1 atom stereocenters. The highest BCUT2D eigenvalue weighted by Crippen LogP contribution is 2.33. The molecule has 1 aliphatic carbocycles. The molecule has 0 saturated carbocycles. The van der Waals surface area contributed by atoms with E-state index in [1.165, 1.54) is 16.9 Å². The Morgan fingerprint density at radius 1 is 1.36 bits per heavy atom. The van der Waals surface area contributed by atoms with Gasteiger partial charge in [-0.05, 0) is 56.7 Å².